The van der Waals surface area contributed by atoms with Crippen molar-refractivity contribution in [1.82, 2.24) is 5.32 Å². The van der Waals surface area contributed by atoms with Crippen LogP contribution < -0.4 is 5.32 Å². The number of hydrogen-bond donors (Lipinski definition) is 1. The Morgan fingerprint density at radius 1 is 1.30 bits per heavy atom. The molecule has 1 heterocycles. The molecule has 3 aliphatic rings. The van der Waals surface area contributed by atoms with Gasteiger partial charge in [-0.3, -0.25) is 0 Å². The van der Waals surface area contributed by atoms with Crippen molar-refractivity contribution in [1.29, 1.82) is 0 Å². The first-order chi connectivity index (χ1) is 4.69. The molecule has 0 radical (unpaired) electrons. The Labute approximate surface area is 62.2 Å². The standard InChI is InChI=1S/C9H15N/c1-8-3-6-4-10-5-7(8)9(6,8)2/h6-7,10H,3-5H2,1-2H3. The minimum absolute atomic E-state index is 0.765. The molecule has 1 nitrogen and oxygen atoms in total. The van der Waals surface area contributed by atoms with Gasteiger partial charge in [-0.2, -0.15) is 0 Å². The molecule has 0 aromatic rings. The van der Waals surface area contributed by atoms with Gasteiger partial charge >= 0.3 is 0 Å². The van der Waals surface area contributed by atoms with Crippen LogP contribution in [0.2, 0.25) is 0 Å². The summed E-state index contributed by atoms with van der Waals surface area (Å²) in [5.41, 5.74) is 1.54. The molecule has 2 saturated carbocycles. The number of fused-ring (bicyclic) bond motifs is 1. The molecule has 0 aromatic carbocycles. The highest BCUT2D eigenvalue weighted by molar-refractivity contribution is 5.30. The van der Waals surface area contributed by atoms with Gasteiger partial charge in [-0.25, -0.2) is 0 Å². The molecule has 1 heteroatoms. The molecular weight excluding hydrogens is 122 g/mol. The molecule has 4 unspecified atom stereocenters. The Balaban J connectivity index is 2.02. The van der Waals surface area contributed by atoms with E-state index in [2.05, 4.69) is 19.2 Å². The van der Waals surface area contributed by atoms with Crippen LogP contribution in [0, 0.1) is 22.7 Å². The summed E-state index contributed by atoms with van der Waals surface area (Å²) in [6, 6.07) is 0. The fourth-order valence-corrected chi connectivity index (χ4v) is 3.85. The molecule has 0 bridgehead atoms. The van der Waals surface area contributed by atoms with Crippen LogP contribution in [0.5, 0.6) is 0 Å². The summed E-state index contributed by atoms with van der Waals surface area (Å²) in [6.45, 7) is 7.56. The van der Waals surface area contributed by atoms with E-state index in [0.717, 1.165) is 22.7 Å². The Hall–Kier alpha value is -0.0400. The van der Waals surface area contributed by atoms with Crippen LogP contribution in [0.1, 0.15) is 20.3 Å². The Morgan fingerprint density at radius 2 is 2.10 bits per heavy atom. The predicted octanol–water partition coefficient (Wildman–Crippen LogP) is 1.25. The summed E-state index contributed by atoms with van der Waals surface area (Å²) in [5.74, 6) is 2.05. The summed E-state index contributed by atoms with van der Waals surface area (Å²) in [7, 11) is 0. The van der Waals surface area contributed by atoms with Gasteiger partial charge in [0.15, 0.2) is 0 Å². The summed E-state index contributed by atoms with van der Waals surface area (Å²) in [4.78, 5) is 0. The highest BCUT2D eigenvalue weighted by Gasteiger charge is 2.81. The number of hydrogen-bond acceptors (Lipinski definition) is 1. The number of nitrogens with one attached hydrogen (secondary N) is 1. The lowest BCUT2D eigenvalue weighted by Crippen LogP contribution is -2.41. The van der Waals surface area contributed by atoms with Crippen LogP contribution in [0.15, 0.2) is 0 Å². The van der Waals surface area contributed by atoms with Gasteiger partial charge in [0.05, 0.1) is 0 Å². The zero-order chi connectivity index (χ0) is 6.98. The molecular formula is C9H15N. The quantitative estimate of drug-likeness (QED) is 0.530. The second-order valence-electron chi connectivity index (χ2n) is 4.81. The lowest BCUT2D eigenvalue weighted by molar-refractivity contribution is 0.0979. The van der Waals surface area contributed by atoms with Crippen molar-refractivity contribution < 1.29 is 0 Å². The van der Waals surface area contributed by atoms with E-state index in [0.29, 0.717) is 0 Å². The van der Waals surface area contributed by atoms with Gasteiger partial charge < -0.3 is 5.32 Å². The first kappa shape index (κ1) is 5.59. The van der Waals surface area contributed by atoms with E-state index in [1.54, 1.807) is 0 Å². The van der Waals surface area contributed by atoms with E-state index in [1.165, 1.54) is 19.5 Å². The van der Waals surface area contributed by atoms with Crippen molar-refractivity contribution >= 4 is 0 Å². The first-order valence-corrected chi connectivity index (χ1v) is 4.40. The van der Waals surface area contributed by atoms with E-state index in [1.807, 2.05) is 0 Å². The third-order valence-electron chi connectivity index (χ3n) is 4.90. The zero-order valence-electron chi connectivity index (χ0n) is 6.78. The van der Waals surface area contributed by atoms with E-state index in [-0.39, 0.29) is 0 Å². The highest BCUT2D eigenvalue weighted by atomic mass is 15.0. The van der Waals surface area contributed by atoms with Gasteiger partial charge in [-0.1, -0.05) is 13.8 Å². The van der Waals surface area contributed by atoms with Crippen molar-refractivity contribution in [3.8, 4) is 0 Å². The zero-order valence-corrected chi connectivity index (χ0v) is 6.78. The molecule has 1 N–H and O–H groups in total. The summed E-state index contributed by atoms with van der Waals surface area (Å²) in [5, 5.41) is 3.52. The van der Waals surface area contributed by atoms with Crippen molar-refractivity contribution in [3.05, 3.63) is 0 Å². The summed E-state index contributed by atoms with van der Waals surface area (Å²) >= 11 is 0. The normalized spacial score (nSPS) is 70.2. The van der Waals surface area contributed by atoms with Gasteiger partial charge in [0.1, 0.15) is 0 Å². The molecule has 0 spiro atoms. The first-order valence-electron chi connectivity index (χ1n) is 4.40. The molecule has 1 saturated heterocycles. The average Bonchev–Trinajstić information content (AvgIpc) is 2.39. The van der Waals surface area contributed by atoms with E-state index < -0.39 is 0 Å². The SMILES string of the molecule is CC12CC3CNCC1C32C. The van der Waals surface area contributed by atoms with Crippen LogP contribution >= 0.6 is 0 Å². The largest absolute Gasteiger partial charge is 0.316 e. The molecule has 0 aromatic heterocycles. The van der Waals surface area contributed by atoms with Crippen molar-refractivity contribution in [2.45, 2.75) is 20.3 Å². The Bertz CT molecular complexity index is 201. The van der Waals surface area contributed by atoms with E-state index >= 15 is 0 Å². The maximum absolute atomic E-state index is 3.52. The molecule has 3 rings (SSSR count). The molecule has 3 fully saturated rings. The van der Waals surface area contributed by atoms with E-state index in [9.17, 15) is 0 Å². The Kier molecular flexibility index (Phi) is 0.658. The van der Waals surface area contributed by atoms with Crippen molar-refractivity contribution in [2.24, 2.45) is 22.7 Å². The molecule has 56 valence electrons. The van der Waals surface area contributed by atoms with Gasteiger partial charge in [-0.05, 0) is 42.2 Å². The maximum atomic E-state index is 3.52. The molecule has 0 amide bonds. The monoisotopic (exact) mass is 137 g/mol. The lowest BCUT2D eigenvalue weighted by Gasteiger charge is -2.40. The maximum Gasteiger partial charge on any atom is -0.000944 e. The highest BCUT2D eigenvalue weighted by Crippen LogP contribution is 2.84. The fourth-order valence-electron chi connectivity index (χ4n) is 3.85. The van der Waals surface area contributed by atoms with E-state index in [4.69, 9.17) is 0 Å². The second-order valence-corrected chi connectivity index (χ2v) is 4.81. The third-order valence-corrected chi connectivity index (χ3v) is 4.90. The molecule has 2 aliphatic carbocycles. The summed E-state index contributed by atoms with van der Waals surface area (Å²) < 4.78 is 0. The topological polar surface area (TPSA) is 12.0 Å². The second kappa shape index (κ2) is 1.18. The fraction of sp³-hybridized carbons (Fsp3) is 1.00. The van der Waals surface area contributed by atoms with Crippen LogP contribution in [-0.4, -0.2) is 13.1 Å². The molecule has 1 aliphatic heterocycles. The molecule has 4 atom stereocenters. The van der Waals surface area contributed by atoms with Crippen LogP contribution in [0.25, 0.3) is 0 Å². The smallest absolute Gasteiger partial charge is 0.000944 e. The number of piperidine rings is 1. The lowest BCUT2D eigenvalue weighted by atomic mass is 9.66. The average molecular weight is 137 g/mol. The predicted molar refractivity (Wildman–Crippen MR) is 40.7 cm³/mol. The van der Waals surface area contributed by atoms with Gasteiger partial charge in [-0.15, -0.1) is 0 Å². The Morgan fingerprint density at radius 3 is 2.70 bits per heavy atom. The van der Waals surface area contributed by atoms with Crippen molar-refractivity contribution in [3.63, 3.8) is 0 Å². The van der Waals surface area contributed by atoms with Crippen LogP contribution in [0.3, 0.4) is 0 Å². The molecule has 10 heavy (non-hydrogen) atoms. The summed E-state index contributed by atoms with van der Waals surface area (Å²) in [6.07, 6.45) is 1.50. The van der Waals surface area contributed by atoms with Crippen LogP contribution in [-0.2, 0) is 0 Å². The third kappa shape index (κ3) is 0.298. The van der Waals surface area contributed by atoms with Gasteiger partial charge in [0, 0.05) is 0 Å². The van der Waals surface area contributed by atoms with Gasteiger partial charge in [0.25, 0.3) is 0 Å². The number of rotatable bonds is 0. The van der Waals surface area contributed by atoms with Crippen molar-refractivity contribution in [2.75, 3.05) is 13.1 Å². The van der Waals surface area contributed by atoms with Crippen LogP contribution in [0.4, 0.5) is 0 Å². The minimum Gasteiger partial charge on any atom is -0.316 e. The minimum atomic E-state index is 0.765. The van der Waals surface area contributed by atoms with Gasteiger partial charge in [0.2, 0.25) is 0 Å².